The summed E-state index contributed by atoms with van der Waals surface area (Å²) in [5.41, 5.74) is 0.519. The van der Waals surface area contributed by atoms with Crippen LogP contribution in [0, 0.1) is 16.0 Å². The molecule has 11 heteroatoms. The lowest BCUT2D eigenvalue weighted by Crippen LogP contribution is -2.33. The highest BCUT2D eigenvalue weighted by molar-refractivity contribution is 7.99. The molecule has 3 rings (SSSR count). The van der Waals surface area contributed by atoms with Crippen LogP contribution >= 0.6 is 11.8 Å². The van der Waals surface area contributed by atoms with E-state index in [9.17, 15) is 19.7 Å². The van der Waals surface area contributed by atoms with Crippen LogP contribution < -0.4 is 10.6 Å². The van der Waals surface area contributed by atoms with Crippen molar-refractivity contribution in [2.24, 2.45) is 5.92 Å². The minimum absolute atomic E-state index is 0.00704. The van der Waals surface area contributed by atoms with Crippen LogP contribution in [-0.2, 0) is 11.3 Å². The van der Waals surface area contributed by atoms with Gasteiger partial charge in [0.15, 0.2) is 11.0 Å². The van der Waals surface area contributed by atoms with E-state index in [-0.39, 0.29) is 35.0 Å². The van der Waals surface area contributed by atoms with Crippen molar-refractivity contribution in [1.82, 2.24) is 20.1 Å². The highest BCUT2D eigenvalue weighted by Crippen LogP contribution is 2.27. The predicted octanol–water partition coefficient (Wildman–Crippen LogP) is 4.06. The number of nitro groups is 1. The zero-order chi connectivity index (χ0) is 24.7. The van der Waals surface area contributed by atoms with Crippen LogP contribution in [0.4, 0.5) is 11.4 Å². The first-order chi connectivity index (χ1) is 16.3. The maximum atomic E-state index is 12.7. The van der Waals surface area contributed by atoms with Gasteiger partial charge in [-0.15, -0.1) is 10.2 Å². The summed E-state index contributed by atoms with van der Waals surface area (Å²) in [6.45, 7) is 6.44. The first kappa shape index (κ1) is 24.9. The van der Waals surface area contributed by atoms with Crippen LogP contribution in [0.2, 0.25) is 0 Å². The molecule has 3 aromatic rings. The molecule has 0 spiro atoms. The lowest BCUT2D eigenvalue weighted by Gasteiger charge is -2.22. The van der Waals surface area contributed by atoms with Gasteiger partial charge in [-0.1, -0.05) is 55.9 Å². The average Bonchev–Trinajstić information content (AvgIpc) is 3.24. The Kier molecular flexibility index (Phi) is 8.36. The van der Waals surface area contributed by atoms with Crippen molar-refractivity contribution in [3.63, 3.8) is 0 Å². The molecule has 1 heterocycles. The third-order valence-electron chi connectivity index (χ3n) is 5.04. The Morgan fingerprint density at radius 3 is 2.41 bits per heavy atom. The lowest BCUT2D eigenvalue weighted by molar-refractivity contribution is -0.383. The number of nitro benzene ring substituents is 1. The van der Waals surface area contributed by atoms with Crippen LogP contribution in [0.3, 0.4) is 0 Å². The molecule has 2 aromatic carbocycles. The summed E-state index contributed by atoms with van der Waals surface area (Å²) >= 11 is 1.17. The molecule has 1 atom stereocenters. The van der Waals surface area contributed by atoms with Crippen molar-refractivity contribution in [2.45, 2.75) is 38.5 Å². The van der Waals surface area contributed by atoms with Gasteiger partial charge in [0.2, 0.25) is 5.91 Å². The molecular formula is C23H26N6O4S. The number of para-hydroxylation sites is 2. The molecule has 0 aliphatic rings. The van der Waals surface area contributed by atoms with E-state index in [1.807, 2.05) is 31.4 Å². The Labute approximate surface area is 201 Å². The van der Waals surface area contributed by atoms with Gasteiger partial charge in [-0.2, -0.15) is 0 Å². The van der Waals surface area contributed by atoms with E-state index in [0.717, 1.165) is 0 Å². The van der Waals surface area contributed by atoms with E-state index in [4.69, 9.17) is 0 Å². The minimum Gasteiger partial charge on any atom is -0.342 e. The van der Waals surface area contributed by atoms with Crippen LogP contribution in [0.25, 0.3) is 0 Å². The number of amides is 2. The molecule has 0 saturated carbocycles. The molecule has 0 aliphatic heterocycles. The Hall–Kier alpha value is -3.73. The molecule has 0 radical (unpaired) electrons. The van der Waals surface area contributed by atoms with Gasteiger partial charge in [-0.25, -0.2) is 0 Å². The van der Waals surface area contributed by atoms with Crippen LogP contribution in [0.15, 0.2) is 59.8 Å². The van der Waals surface area contributed by atoms with Crippen molar-refractivity contribution in [2.75, 3.05) is 11.1 Å². The van der Waals surface area contributed by atoms with Gasteiger partial charge in [0.1, 0.15) is 5.69 Å². The predicted molar refractivity (Wildman–Crippen MR) is 130 cm³/mol. The fourth-order valence-electron chi connectivity index (χ4n) is 3.33. The lowest BCUT2D eigenvalue weighted by atomic mass is 10.0. The fraction of sp³-hybridized carbons (Fsp3) is 0.304. The molecule has 178 valence electrons. The Balaban J connectivity index is 1.72. The highest BCUT2D eigenvalue weighted by atomic mass is 32.2. The Bertz CT molecular complexity index is 1170. The maximum absolute atomic E-state index is 12.7. The number of hydrogen-bond donors (Lipinski definition) is 2. The second-order valence-corrected chi connectivity index (χ2v) is 8.70. The standard InChI is InChI=1S/C23H26N6O4S/c1-4-28-21(20(15(2)3)25-22(31)16-10-6-5-7-11-16)26-27-23(28)34-14-19(30)24-17-12-8-9-13-18(17)29(32)33/h5-13,15,20H,4,14H2,1-3H3,(H,24,30)(H,25,31)/t20-/m0/s1. The Morgan fingerprint density at radius 2 is 1.76 bits per heavy atom. The molecule has 2 N–H and O–H groups in total. The maximum Gasteiger partial charge on any atom is 0.292 e. The fourth-order valence-corrected chi connectivity index (χ4v) is 4.14. The summed E-state index contributed by atoms with van der Waals surface area (Å²) in [6, 6.07) is 14.5. The van der Waals surface area contributed by atoms with Gasteiger partial charge in [0, 0.05) is 18.2 Å². The molecular weight excluding hydrogens is 456 g/mol. The van der Waals surface area contributed by atoms with E-state index in [0.29, 0.717) is 23.1 Å². The molecule has 34 heavy (non-hydrogen) atoms. The second kappa shape index (κ2) is 11.4. The van der Waals surface area contributed by atoms with Crippen molar-refractivity contribution >= 4 is 35.0 Å². The summed E-state index contributed by atoms with van der Waals surface area (Å²) in [4.78, 5) is 35.8. The number of aromatic nitrogens is 3. The SMILES string of the molecule is CCn1c(SCC(=O)Nc2ccccc2[N+](=O)[O-])nnc1[C@@H](NC(=O)c1ccccc1)C(C)C. The van der Waals surface area contributed by atoms with Crippen LogP contribution in [0.1, 0.15) is 43.0 Å². The molecule has 0 aliphatic carbocycles. The molecule has 10 nitrogen and oxygen atoms in total. The molecule has 1 aromatic heterocycles. The Morgan fingerprint density at radius 1 is 1.09 bits per heavy atom. The normalized spacial score (nSPS) is 11.8. The third-order valence-corrected chi connectivity index (χ3v) is 6.00. The van der Waals surface area contributed by atoms with Gasteiger partial charge in [0.25, 0.3) is 11.6 Å². The zero-order valence-electron chi connectivity index (χ0n) is 19.1. The van der Waals surface area contributed by atoms with E-state index < -0.39 is 10.8 Å². The van der Waals surface area contributed by atoms with Gasteiger partial charge in [0.05, 0.1) is 16.7 Å². The monoisotopic (exact) mass is 482 g/mol. The number of nitrogens with one attached hydrogen (secondary N) is 2. The van der Waals surface area contributed by atoms with Gasteiger partial charge >= 0.3 is 0 Å². The van der Waals surface area contributed by atoms with E-state index in [2.05, 4.69) is 20.8 Å². The van der Waals surface area contributed by atoms with Crippen molar-refractivity contribution in [1.29, 1.82) is 0 Å². The number of hydrogen-bond acceptors (Lipinski definition) is 7. The van der Waals surface area contributed by atoms with Crippen LogP contribution in [-0.4, -0.2) is 37.3 Å². The molecule has 0 saturated heterocycles. The number of anilines is 1. The summed E-state index contributed by atoms with van der Waals surface area (Å²) in [5, 5.41) is 25.8. The first-order valence-electron chi connectivity index (χ1n) is 10.8. The quantitative estimate of drug-likeness (QED) is 0.253. The molecule has 0 unspecified atom stereocenters. The number of nitrogens with zero attached hydrogens (tertiary/aromatic N) is 4. The highest BCUT2D eigenvalue weighted by Gasteiger charge is 2.26. The van der Waals surface area contributed by atoms with Gasteiger partial charge in [-0.05, 0) is 31.0 Å². The van der Waals surface area contributed by atoms with Crippen molar-refractivity contribution in [3.05, 3.63) is 76.1 Å². The van der Waals surface area contributed by atoms with Crippen molar-refractivity contribution in [3.8, 4) is 0 Å². The number of rotatable bonds is 10. The third kappa shape index (κ3) is 5.98. The van der Waals surface area contributed by atoms with E-state index in [1.54, 1.807) is 30.3 Å². The second-order valence-electron chi connectivity index (χ2n) is 7.76. The zero-order valence-corrected chi connectivity index (χ0v) is 19.9. The summed E-state index contributed by atoms with van der Waals surface area (Å²) in [6.07, 6.45) is 0. The molecule has 2 amide bonds. The largest absolute Gasteiger partial charge is 0.342 e. The number of carbonyl (C=O) groups is 2. The smallest absolute Gasteiger partial charge is 0.292 e. The van der Waals surface area contributed by atoms with E-state index >= 15 is 0 Å². The van der Waals surface area contributed by atoms with Gasteiger partial charge in [-0.3, -0.25) is 19.7 Å². The summed E-state index contributed by atoms with van der Waals surface area (Å²) in [5.74, 6) is 0.0324. The topological polar surface area (TPSA) is 132 Å². The first-order valence-corrected chi connectivity index (χ1v) is 11.8. The van der Waals surface area contributed by atoms with Gasteiger partial charge < -0.3 is 15.2 Å². The number of carbonyl (C=O) groups excluding carboxylic acids is 2. The number of benzene rings is 2. The van der Waals surface area contributed by atoms with Crippen molar-refractivity contribution < 1.29 is 14.5 Å². The van der Waals surface area contributed by atoms with Crippen LogP contribution in [0.5, 0.6) is 0 Å². The van der Waals surface area contributed by atoms with E-state index in [1.165, 1.54) is 30.0 Å². The summed E-state index contributed by atoms with van der Waals surface area (Å²) < 4.78 is 1.86. The summed E-state index contributed by atoms with van der Waals surface area (Å²) in [7, 11) is 0. The minimum atomic E-state index is -0.543. The average molecular weight is 483 g/mol. The molecule has 0 bridgehead atoms. The molecule has 0 fully saturated rings. The number of thioether (sulfide) groups is 1.